The molecule has 1 atom stereocenters. The number of carbonyl (C=O) groups is 1. The summed E-state index contributed by atoms with van der Waals surface area (Å²) in [7, 11) is 0. The number of unbranched alkanes of at least 4 members (excludes halogenated alkanes) is 2. The van der Waals surface area contributed by atoms with E-state index in [0.29, 0.717) is 12.5 Å². The van der Waals surface area contributed by atoms with E-state index in [9.17, 15) is 4.79 Å². The van der Waals surface area contributed by atoms with Gasteiger partial charge in [0.2, 0.25) is 5.24 Å². The highest BCUT2D eigenvalue weighted by molar-refractivity contribution is 6.63. The van der Waals surface area contributed by atoms with Crippen LogP contribution in [-0.2, 0) is 4.79 Å². The van der Waals surface area contributed by atoms with Crippen LogP contribution in [0.1, 0.15) is 51.9 Å². The fourth-order valence-electron chi connectivity index (χ4n) is 1.28. The summed E-state index contributed by atoms with van der Waals surface area (Å²) in [4.78, 5) is 10.4. The monoisotopic (exact) mass is 205 g/mol. The zero-order valence-corrected chi connectivity index (χ0v) is 9.15. The first-order valence-electron chi connectivity index (χ1n) is 5.10. The van der Waals surface area contributed by atoms with Crippen LogP contribution >= 0.6 is 11.6 Å². The van der Waals surface area contributed by atoms with Gasteiger partial charge in [-0.25, -0.2) is 0 Å². The highest BCUT2D eigenvalue weighted by Gasteiger charge is 2.02. The van der Waals surface area contributed by atoms with Crippen LogP contribution in [0.5, 0.6) is 0 Å². The number of hydrogen-bond acceptors (Lipinski definition) is 2. The van der Waals surface area contributed by atoms with Crippen molar-refractivity contribution < 1.29 is 4.79 Å². The van der Waals surface area contributed by atoms with Crippen molar-refractivity contribution in [1.29, 1.82) is 0 Å². The van der Waals surface area contributed by atoms with Gasteiger partial charge in [-0.2, -0.15) is 0 Å². The maximum atomic E-state index is 10.4. The highest BCUT2D eigenvalue weighted by Crippen LogP contribution is 2.08. The lowest BCUT2D eigenvalue weighted by Crippen LogP contribution is -2.19. The summed E-state index contributed by atoms with van der Waals surface area (Å²) < 4.78 is 0. The summed E-state index contributed by atoms with van der Waals surface area (Å²) in [6, 6.07) is 0.311. The molecule has 0 heterocycles. The lowest BCUT2D eigenvalue weighted by molar-refractivity contribution is -0.111. The summed E-state index contributed by atoms with van der Waals surface area (Å²) in [5, 5.41) is -0.234. The first-order valence-corrected chi connectivity index (χ1v) is 5.48. The van der Waals surface area contributed by atoms with Crippen LogP contribution in [0.2, 0.25) is 0 Å². The lowest BCUT2D eigenvalue weighted by atomic mass is 10.0. The van der Waals surface area contributed by atoms with Gasteiger partial charge in [-0.3, -0.25) is 4.79 Å². The quantitative estimate of drug-likeness (QED) is 0.489. The van der Waals surface area contributed by atoms with Crippen molar-refractivity contribution in [3.8, 4) is 0 Å². The Morgan fingerprint density at radius 2 is 1.92 bits per heavy atom. The molecule has 13 heavy (non-hydrogen) atoms. The average molecular weight is 206 g/mol. The van der Waals surface area contributed by atoms with Crippen LogP contribution in [0.3, 0.4) is 0 Å². The maximum absolute atomic E-state index is 10.4. The van der Waals surface area contributed by atoms with E-state index >= 15 is 0 Å². The fraction of sp³-hybridized carbons (Fsp3) is 0.900. The first kappa shape index (κ1) is 12.9. The van der Waals surface area contributed by atoms with E-state index in [2.05, 4.69) is 6.92 Å². The number of nitrogens with two attached hydrogens (primary N) is 1. The van der Waals surface area contributed by atoms with Gasteiger partial charge >= 0.3 is 0 Å². The van der Waals surface area contributed by atoms with E-state index in [1.54, 1.807) is 0 Å². The van der Waals surface area contributed by atoms with Crippen molar-refractivity contribution in [1.82, 2.24) is 0 Å². The van der Waals surface area contributed by atoms with E-state index in [0.717, 1.165) is 25.7 Å². The molecule has 0 bridgehead atoms. The van der Waals surface area contributed by atoms with Crippen LogP contribution in [-0.4, -0.2) is 11.3 Å². The van der Waals surface area contributed by atoms with Crippen LogP contribution in [0, 0.1) is 0 Å². The molecule has 0 saturated heterocycles. The number of hydrogen-bond donors (Lipinski definition) is 1. The molecule has 0 aromatic heterocycles. The maximum Gasteiger partial charge on any atom is 0.221 e. The van der Waals surface area contributed by atoms with E-state index in [1.165, 1.54) is 12.8 Å². The summed E-state index contributed by atoms with van der Waals surface area (Å²) >= 11 is 5.21. The molecule has 0 aromatic carbocycles. The third kappa shape index (κ3) is 9.84. The predicted molar refractivity (Wildman–Crippen MR) is 56.8 cm³/mol. The zero-order chi connectivity index (χ0) is 10.1. The highest BCUT2D eigenvalue weighted by atomic mass is 35.5. The second-order valence-electron chi connectivity index (χ2n) is 3.50. The zero-order valence-electron chi connectivity index (χ0n) is 8.39. The van der Waals surface area contributed by atoms with E-state index < -0.39 is 0 Å². The standard InChI is InChI=1S/C10H20ClNO/c1-2-3-6-9(12)7-4-5-8-10(11)13/h9H,2-8,12H2,1H3. The fourth-order valence-corrected chi connectivity index (χ4v) is 1.41. The number of carbonyl (C=O) groups excluding carboxylic acids is 1. The molecular weight excluding hydrogens is 186 g/mol. The molecule has 0 aromatic rings. The number of halogens is 1. The Morgan fingerprint density at radius 1 is 1.31 bits per heavy atom. The Labute approximate surface area is 85.8 Å². The van der Waals surface area contributed by atoms with E-state index in [1.807, 2.05) is 0 Å². The molecule has 0 aliphatic rings. The summed E-state index contributed by atoms with van der Waals surface area (Å²) in [6.45, 7) is 2.17. The van der Waals surface area contributed by atoms with Crippen LogP contribution in [0.15, 0.2) is 0 Å². The topological polar surface area (TPSA) is 43.1 Å². The van der Waals surface area contributed by atoms with Crippen molar-refractivity contribution in [3.05, 3.63) is 0 Å². The Hall–Kier alpha value is -0.0800. The summed E-state index contributed by atoms with van der Waals surface area (Å²) in [5.41, 5.74) is 5.86. The van der Waals surface area contributed by atoms with Gasteiger partial charge in [0.25, 0.3) is 0 Å². The Bertz CT molecular complexity index is 139. The number of rotatable bonds is 8. The van der Waals surface area contributed by atoms with Gasteiger partial charge in [0.15, 0.2) is 0 Å². The van der Waals surface area contributed by atoms with Gasteiger partial charge in [-0.15, -0.1) is 0 Å². The second kappa shape index (κ2) is 8.52. The van der Waals surface area contributed by atoms with Crippen LogP contribution < -0.4 is 5.73 Å². The SMILES string of the molecule is CCCCC(N)CCCCC(=O)Cl. The lowest BCUT2D eigenvalue weighted by Gasteiger charge is -2.09. The van der Waals surface area contributed by atoms with Gasteiger partial charge in [-0.1, -0.05) is 26.2 Å². The van der Waals surface area contributed by atoms with Gasteiger partial charge in [-0.05, 0) is 30.9 Å². The molecule has 0 fully saturated rings. The Morgan fingerprint density at radius 3 is 2.46 bits per heavy atom. The van der Waals surface area contributed by atoms with Gasteiger partial charge in [0.05, 0.1) is 0 Å². The molecule has 0 spiro atoms. The smallest absolute Gasteiger partial charge is 0.221 e. The van der Waals surface area contributed by atoms with Gasteiger partial charge in [0, 0.05) is 12.5 Å². The molecule has 2 N–H and O–H groups in total. The molecule has 78 valence electrons. The Kier molecular flexibility index (Phi) is 8.46. The third-order valence-electron chi connectivity index (χ3n) is 2.13. The van der Waals surface area contributed by atoms with Crippen molar-refractivity contribution in [2.45, 2.75) is 57.9 Å². The van der Waals surface area contributed by atoms with Crippen molar-refractivity contribution >= 4 is 16.8 Å². The molecule has 0 aliphatic carbocycles. The summed E-state index contributed by atoms with van der Waals surface area (Å²) in [6.07, 6.45) is 6.91. The molecule has 0 aliphatic heterocycles. The molecular formula is C10H20ClNO. The average Bonchev–Trinajstić information content (AvgIpc) is 2.08. The van der Waals surface area contributed by atoms with Crippen LogP contribution in [0.25, 0.3) is 0 Å². The predicted octanol–water partition coefficient (Wildman–Crippen LogP) is 2.83. The third-order valence-corrected chi connectivity index (χ3v) is 2.32. The normalized spacial score (nSPS) is 12.8. The summed E-state index contributed by atoms with van der Waals surface area (Å²) in [5.74, 6) is 0. The molecule has 0 amide bonds. The molecule has 0 radical (unpaired) electrons. The van der Waals surface area contributed by atoms with E-state index in [4.69, 9.17) is 17.3 Å². The van der Waals surface area contributed by atoms with Gasteiger partial charge < -0.3 is 5.73 Å². The van der Waals surface area contributed by atoms with Crippen molar-refractivity contribution in [2.75, 3.05) is 0 Å². The van der Waals surface area contributed by atoms with Gasteiger partial charge in [0.1, 0.15) is 0 Å². The van der Waals surface area contributed by atoms with Crippen molar-refractivity contribution in [3.63, 3.8) is 0 Å². The molecule has 0 rings (SSSR count). The molecule has 0 saturated carbocycles. The minimum atomic E-state index is -0.234. The van der Waals surface area contributed by atoms with E-state index in [-0.39, 0.29) is 5.24 Å². The Balaban J connectivity index is 3.16. The first-order chi connectivity index (χ1) is 6.16. The van der Waals surface area contributed by atoms with Crippen molar-refractivity contribution in [2.24, 2.45) is 5.73 Å². The second-order valence-corrected chi connectivity index (χ2v) is 3.92. The molecule has 3 heteroatoms. The molecule has 1 unspecified atom stereocenters. The minimum Gasteiger partial charge on any atom is -0.328 e. The largest absolute Gasteiger partial charge is 0.328 e. The molecule has 2 nitrogen and oxygen atoms in total. The van der Waals surface area contributed by atoms with Crippen LogP contribution in [0.4, 0.5) is 0 Å². The minimum absolute atomic E-state index is 0.234.